The van der Waals surface area contributed by atoms with Crippen molar-refractivity contribution in [3.63, 3.8) is 0 Å². The number of hydrogen-bond acceptors (Lipinski definition) is 5. The summed E-state index contributed by atoms with van der Waals surface area (Å²) in [4.78, 5) is 35.4. The first kappa shape index (κ1) is 15.4. The van der Waals surface area contributed by atoms with Crippen molar-refractivity contribution in [1.82, 2.24) is 10.2 Å². The third-order valence-electron chi connectivity index (χ3n) is 3.31. The molecule has 7 nitrogen and oxygen atoms in total. The van der Waals surface area contributed by atoms with Crippen LogP contribution in [0, 0.1) is 5.92 Å². The Morgan fingerprint density at radius 1 is 1.37 bits per heavy atom. The summed E-state index contributed by atoms with van der Waals surface area (Å²) in [6, 6.07) is -0.537. The van der Waals surface area contributed by atoms with Crippen LogP contribution in [-0.2, 0) is 19.1 Å². The predicted molar refractivity (Wildman–Crippen MR) is 66.4 cm³/mol. The lowest BCUT2D eigenvalue weighted by atomic mass is 9.97. The SMILES string of the molecule is COC(=O)C(C)NCC(=O)N1CCC(C(=O)O)CC1. The lowest BCUT2D eigenvalue weighted by Crippen LogP contribution is -2.46. The van der Waals surface area contributed by atoms with E-state index >= 15 is 0 Å². The molecule has 108 valence electrons. The van der Waals surface area contributed by atoms with E-state index < -0.39 is 18.0 Å². The van der Waals surface area contributed by atoms with E-state index in [1.54, 1.807) is 11.8 Å². The van der Waals surface area contributed by atoms with Crippen LogP contribution in [0.4, 0.5) is 0 Å². The zero-order valence-corrected chi connectivity index (χ0v) is 11.2. The number of amides is 1. The van der Waals surface area contributed by atoms with E-state index in [9.17, 15) is 14.4 Å². The Bertz CT molecular complexity index is 350. The van der Waals surface area contributed by atoms with E-state index in [0.717, 1.165) is 0 Å². The number of carbonyl (C=O) groups is 3. The van der Waals surface area contributed by atoms with Gasteiger partial charge >= 0.3 is 11.9 Å². The van der Waals surface area contributed by atoms with Gasteiger partial charge in [-0.25, -0.2) is 0 Å². The molecule has 0 spiro atoms. The second-order valence-electron chi connectivity index (χ2n) is 4.62. The van der Waals surface area contributed by atoms with Crippen LogP contribution in [0.25, 0.3) is 0 Å². The molecule has 2 N–H and O–H groups in total. The Labute approximate surface area is 111 Å². The third-order valence-corrected chi connectivity index (χ3v) is 3.31. The predicted octanol–water partition coefficient (Wildman–Crippen LogP) is -0.539. The minimum absolute atomic E-state index is 0.0496. The van der Waals surface area contributed by atoms with Crippen LogP contribution in [0.3, 0.4) is 0 Å². The Morgan fingerprint density at radius 3 is 2.42 bits per heavy atom. The van der Waals surface area contributed by atoms with Crippen molar-refractivity contribution < 1.29 is 24.2 Å². The Morgan fingerprint density at radius 2 is 1.95 bits per heavy atom. The van der Waals surface area contributed by atoms with Crippen molar-refractivity contribution in [3.05, 3.63) is 0 Å². The van der Waals surface area contributed by atoms with Crippen molar-refractivity contribution in [1.29, 1.82) is 0 Å². The fraction of sp³-hybridized carbons (Fsp3) is 0.750. The lowest BCUT2D eigenvalue weighted by Gasteiger charge is -2.30. The number of carboxylic acid groups (broad SMARTS) is 1. The number of nitrogens with one attached hydrogen (secondary N) is 1. The highest BCUT2D eigenvalue weighted by Crippen LogP contribution is 2.17. The summed E-state index contributed by atoms with van der Waals surface area (Å²) in [7, 11) is 1.29. The van der Waals surface area contributed by atoms with E-state index in [1.807, 2.05) is 0 Å². The molecule has 1 heterocycles. The number of nitrogens with zero attached hydrogens (tertiary/aromatic N) is 1. The highest BCUT2D eigenvalue weighted by molar-refractivity contribution is 5.80. The number of hydrogen-bond donors (Lipinski definition) is 2. The van der Waals surface area contributed by atoms with Gasteiger partial charge in [0.15, 0.2) is 0 Å². The van der Waals surface area contributed by atoms with Crippen LogP contribution < -0.4 is 5.32 Å². The Balaban J connectivity index is 2.32. The molecule has 0 aliphatic carbocycles. The van der Waals surface area contributed by atoms with Crippen LogP contribution in [-0.4, -0.2) is 60.6 Å². The number of methoxy groups -OCH3 is 1. The largest absolute Gasteiger partial charge is 0.481 e. The molecule has 0 aromatic heterocycles. The quantitative estimate of drug-likeness (QED) is 0.653. The summed E-state index contributed by atoms with van der Waals surface area (Å²) >= 11 is 0. The lowest BCUT2D eigenvalue weighted by molar-refractivity contribution is -0.146. The average Bonchev–Trinajstić information content (AvgIpc) is 2.43. The number of aliphatic carboxylic acids is 1. The van der Waals surface area contributed by atoms with Gasteiger partial charge in [0.25, 0.3) is 0 Å². The molecule has 7 heteroatoms. The minimum atomic E-state index is -0.801. The molecular weight excluding hydrogens is 252 g/mol. The molecule has 0 aromatic rings. The molecule has 1 amide bonds. The van der Waals surface area contributed by atoms with Gasteiger partial charge in [-0.15, -0.1) is 0 Å². The number of piperidine rings is 1. The number of ether oxygens (including phenoxy) is 1. The van der Waals surface area contributed by atoms with Crippen molar-refractivity contribution in [2.24, 2.45) is 5.92 Å². The van der Waals surface area contributed by atoms with Crippen LogP contribution in [0.5, 0.6) is 0 Å². The summed E-state index contributed by atoms with van der Waals surface area (Å²) in [6.45, 7) is 2.57. The molecule has 1 saturated heterocycles. The second kappa shape index (κ2) is 7.08. The normalized spacial score (nSPS) is 17.9. The maximum absolute atomic E-state index is 11.9. The summed E-state index contributed by atoms with van der Waals surface area (Å²) in [5.74, 6) is -1.70. The maximum atomic E-state index is 11.9. The summed E-state index contributed by atoms with van der Waals surface area (Å²) < 4.78 is 4.54. The number of likely N-dealkylation sites (tertiary alicyclic amines) is 1. The Kier molecular flexibility index (Phi) is 5.75. The van der Waals surface area contributed by atoms with E-state index in [0.29, 0.717) is 25.9 Å². The molecule has 1 unspecified atom stereocenters. The van der Waals surface area contributed by atoms with Gasteiger partial charge in [-0.3, -0.25) is 19.7 Å². The van der Waals surface area contributed by atoms with E-state index in [-0.39, 0.29) is 18.4 Å². The zero-order chi connectivity index (χ0) is 14.4. The first-order valence-electron chi connectivity index (χ1n) is 6.27. The second-order valence-corrected chi connectivity index (χ2v) is 4.62. The molecule has 0 saturated carbocycles. The third kappa shape index (κ3) is 4.51. The molecule has 1 aliphatic heterocycles. The van der Waals surface area contributed by atoms with Crippen molar-refractivity contribution in [2.75, 3.05) is 26.7 Å². The number of esters is 1. The fourth-order valence-electron chi connectivity index (χ4n) is 1.99. The maximum Gasteiger partial charge on any atom is 0.322 e. The van der Waals surface area contributed by atoms with Gasteiger partial charge in [-0.2, -0.15) is 0 Å². The van der Waals surface area contributed by atoms with E-state index in [4.69, 9.17) is 5.11 Å². The molecule has 0 radical (unpaired) electrons. The topological polar surface area (TPSA) is 95.9 Å². The van der Waals surface area contributed by atoms with Gasteiger partial charge in [-0.1, -0.05) is 0 Å². The molecule has 1 rings (SSSR count). The smallest absolute Gasteiger partial charge is 0.322 e. The molecule has 1 fully saturated rings. The van der Waals surface area contributed by atoms with Crippen molar-refractivity contribution >= 4 is 17.8 Å². The molecule has 0 bridgehead atoms. The van der Waals surface area contributed by atoms with Gasteiger partial charge < -0.3 is 14.7 Å². The van der Waals surface area contributed by atoms with Gasteiger partial charge in [0.05, 0.1) is 19.6 Å². The molecular formula is C12H20N2O5. The number of carbonyl (C=O) groups excluding carboxylic acids is 2. The van der Waals surface area contributed by atoms with Crippen LogP contribution in [0.15, 0.2) is 0 Å². The summed E-state index contributed by atoms with van der Waals surface area (Å²) in [5.41, 5.74) is 0. The van der Waals surface area contributed by atoms with Crippen molar-refractivity contribution in [3.8, 4) is 0 Å². The van der Waals surface area contributed by atoms with Crippen LogP contribution >= 0.6 is 0 Å². The monoisotopic (exact) mass is 272 g/mol. The van der Waals surface area contributed by atoms with Gasteiger partial charge in [0.1, 0.15) is 6.04 Å². The van der Waals surface area contributed by atoms with E-state index in [2.05, 4.69) is 10.1 Å². The zero-order valence-electron chi connectivity index (χ0n) is 11.2. The summed E-state index contributed by atoms with van der Waals surface area (Å²) in [6.07, 6.45) is 0.960. The molecule has 1 atom stereocenters. The van der Waals surface area contributed by atoms with Gasteiger partial charge in [-0.05, 0) is 19.8 Å². The summed E-state index contributed by atoms with van der Waals surface area (Å²) in [5, 5.41) is 11.6. The van der Waals surface area contributed by atoms with Crippen molar-refractivity contribution in [2.45, 2.75) is 25.8 Å². The molecule has 19 heavy (non-hydrogen) atoms. The first-order valence-corrected chi connectivity index (χ1v) is 6.27. The minimum Gasteiger partial charge on any atom is -0.481 e. The van der Waals surface area contributed by atoms with Gasteiger partial charge in [0.2, 0.25) is 5.91 Å². The fourth-order valence-corrected chi connectivity index (χ4v) is 1.99. The first-order chi connectivity index (χ1) is 8.95. The highest BCUT2D eigenvalue weighted by Gasteiger charge is 2.27. The standard InChI is InChI=1S/C12H20N2O5/c1-8(12(18)19-2)13-7-10(15)14-5-3-9(4-6-14)11(16)17/h8-9,13H,3-7H2,1-2H3,(H,16,17). The van der Waals surface area contributed by atoms with Crippen LogP contribution in [0.2, 0.25) is 0 Å². The molecule has 1 aliphatic rings. The molecule has 0 aromatic carbocycles. The average molecular weight is 272 g/mol. The number of rotatable bonds is 5. The van der Waals surface area contributed by atoms with E-state index in [1.165, 1.54) is 7.11 Å². The highest BCUT2D eigenvalue weighted by atomic mass is 16.5. The Hall–Kier alpha value is -1.63. The van der Waals surface area contributed by atoms with Gasteiger partial charge in [0, 0.05) is 13.1 Å². The van der Waals surface area contributed by atoms with Crippen LogP contribution in [0.1, 0.15) is 19.8 Å². The number of carboxylic acids is 1.